The average Bonchev–Trinajstić information content (AvgIpc) is 3.02. The van der Waals surface area contributed by atoms with E-state index in [1.54, 1.807) is 42.5 Å². The first kappa shape index (κ1) is 13.3. The Balaban J connectivity index is 2.04. The molecule has 0 unspecified atom stereocenters. The van der Waals surface area contributed by atoms with Crippen LogP contribution < -0.4 is 8.69 Å². The number of aromatic amines is 1. The number of nitrogens with one attached hydrogen (secondary N) is 2. The van der Waals surface area contributed by atoms with Gasteiger partial charge >= 0.3 is 10.2 Å². The van der Waals surface area contributed by atoms with Gasteiger partial charge in [0, 0.05) is 12.1 Å². The van der Waals surface area contributed by atoms with Gasteiger partial charge in [0.2, 0.25) is 0 Å². The van der Waals surface area contributed by atoms with Crippen LogP contribution in [0.5, 0.6) is 0 Å². The van der Waals surface area contributed by atoms with Crippen LogP contribution in [0.2, 0.25) is 0 Å². The zero-order valence-corrected chi connectivity index (χ0v) is 11.7. The Hall–Kier alpha value is -2.74. The molecule has 8 heteroatoms. The highest BCUT2D eigenvalue weighted by molar-refractivity contribution is 7.86. The van der Waals surface area contributed by atoms with Crippen molar-refractivity contribution in [2.45, 2.75) is 0 Å². The van der Waals surface area contributed by atoms with E-state index >= 15 is 0 Å². The molecule has 1 aromatic carbocycles. The van der Waals surface area contributed by atoms with Crippen LogP contribution in [0, 0.1) is 0 Å². The van der Waals surface area contributed by atoms with Crippen LogP contribution in [-0.2, 0) is 10.2 Å². The summed E-state index contributed by atoms with van der Waals surface area (Å²) in [4.78, 5) is 0. The van der Waals surface area contributed by atoms with E-state index in [0.717, 1.165) is 3.97 Å². The van der Waals surface area contributed by atoms with Crippen LogP contribution in [0.1, 0.15) is 0 Å². The van der Waals surface area contributed by atoms with Crippen LogP contribution in [0.25, 0.3) is 11.4 Å². The number of para-hydroxylation sites is 1. The van der Waals surface area contributed by atoms with Crippen molar-refractivity contribution in [3.8, 4) is 11.4 Å². The zero-order chi connectivity index (χ0) is 14.7. The molecular weight excluding hydrogens is 290 g/mol. The van der Waals surface area contributed by atoms with Crippen molar-refractivity contribution < 1.29 is 12.4 Å². The lowest BCUT2D eigenvalue weighted by Crippen LogP contribution is -2.48. The maximum absolute atomic E-state index is 12.5. The molecule has 7 nitrogen and oxygen atoms in total. The number of aromatic nitrogens is 4. The summed E-state index contributed by atoms with van der Waals surface area (Å²) in [5.41, 5.74) is 1.34. The molecule has 0 bridgehead atoms. The van der Waals surface area contributed by atoms with Gasteiger partial charge in [0.25, 0.3) is 5.69 Å². The molecule has 21 heavy (non-hydrogen) atoms. The largest absolute Gasteiger partial charge is 0.470 e. The highest BCUT2D eigenvalue weighted by atomic mass is 32.2. The lowest BCUT2D eigenvalue weighted by atomic mass is 10.3. The third kappa shape index (κ3) is 2.75. The summed E-state index contributed by atoms with van der Waals surface area (Å²) in [5.74, 6) is 0. The fourth-order valence-electron chi connectivity index (χ4n) is 1.87. The number of H-pyrrole nitrogens is 1. The number of benzene rings is 1. The Labute approximate surface area is 121 Å². The second-order valence-electron chi connectivity index (χ2n) is 4.21. The lowest BCUT2D eigenvalue weighted by molar-refractivity contribution is -0.498. The first-order valence-electron chi connectivity index (χ1n) is 6.13. The van der Waals surface area contributed by atoms with Crippen LogP contribution in [0.15, 0.2) is 60.9 Å². The molecule has 0 radical (unpaired) electrons. The van der Waals surface area contributed by atoms with Gasteiger partial charge < -0.3 is 0 Å². The molecule has 3 rings (SSSR count). The maximum atomic E-state index is 12.5. The van der Waals surface area contributed by atoms with Gasteiger partial charge in [-0.15, -0.1) is 13.5 Å². The van der Waals surface area contributed by atoms with Crippen LogP contribution >= 0.6 is 0 Å². The molecule has 2 heterocycles. The molecular formula is C13H12N5O2S+. The van der Waals surface area contributed by atoms with Crippen molar-refractivity contribution in [2.75, 3.05) is 4.72 Å². The smallest absolute Gasteiger partial charge is 0.265 e. The third-order valence-electron chi connectivity index (χ3n) is 2.78. The van der Waals surface area contributed by atoms with Gasteiger partial charge in [-0.3, -0.25) is 5.10 Å². The minimum Gasteiger partial charge on any atom is -0.265 e. The van der Waals surface area contributed by atoms with Crippen molar-refractivity contribution >= 4 is 15.9 Å². The molecule has 0 saturated carbocycles. The van der Waals surface area contributed by atoms with Gasteiger partial charge in [-0.25, -0.2) is 4.72 Å². The van der Waals surface area contributed by atoms with E-state index in [1.807, 2.05) is 6.07 Å². The monoisotopic (exact) mass is 302 g/mol. The lowest BCUT2D eigenvalue weighted by Gasteiger charge is -2.04. The molecule has 0 aliphatic rings. The van der Waals surface area contributed by atoms with E-state index in [1.165, 1.54) is 12.4 Å². The highest BCUT2D eigenvalue weighted by Crippen LogP contribution is 2.12. The first-order valence-corrected chi connectivity index (χ1v) is 7.57. The van der Waals surface area contributed by atoms with Gasteiger partial charge in [0.15, 0.2) is 11.9 Å². The Morgan fingerprint density at radius 1 is 1.05 bits per heavy atom. The Morgan fingerprint density at radius 2 is 1.81 bits per heavy atom. The number of rotatable bonds is 4. The fraction of sp³-hybridized carbons (Fsp3) is 0. The maximum Gasteiger partial charge on any atom is 0.470 e. The number of nitrogens with zero attached hydrogens (tertiary/aromatic N) is 3. The van der Waals surface area contributed by atoms with Gasteiger partial charge in [-0.1, -0.05) is 27.4 Å². The van der Waals surface area contributed by atoms with E-state index in [-0.39, 0.29) is 0 Å². The molecule has 2 aromatic heterocycles. The predicted molar refractivity (Wildman–Crippen MR) is 76.4 cm³/mol. The number of anilines is 1. The van der Waals surface area contributed by atoms with Gasteiger partial charge in [-0.2, -0.15) is 0 Å². The Morgan fingerprint density at radius 3 is 2.52 bits per heavy atom. The molecule has 0 aliphatic heterocycles. The van der Waals surface area contributed by atoms with Crippen LogP contribution in [0.3, 0.4) is 0 Å². The molecule has 0 aliphatic carbocycles. The number of pyridine rings is 1. The molecule has 3 aromatic rings. The predicted octanol–water partition coefficient (Wildman–Crippen LogP) is 0.964. The van der Waals surface area contributed by atoms with Crippen molar-refractivity contribution in [1.82, 2.24) is 15.4 Å². The van der Waals surface area contributed by atoms with E-state index in [0.29, 0.717) is 17.1 Å². The van der Waals surface area contributed by atoms with Crippen molar-refractivity contribution in [1.29, 1.82) is 0 Å². The second kappa shape index (κ2) is 5.33. The van der Waals surface area contributed by atoms with E-state index in [2.05, 4.69) is 20.1 Å². The molecule has 0 saturated heterocycles. The summed E-state index contributed by atoms with van der Waals surface area (Å²) in [6.07, 6.45) is 2.99. The van der Waals surface area contributed by atoms with Crippen molar-refractivity contribution in [2.24, 2.45) is 0 Å². The van der Waals surface area contributed by atoms with Crippen molar-refractivity contribution in [3.05, 3.63) is 60.9 Å². The van der Waals surface area contributed by atoms with Gasteiger partial charge in [0.05, 0.1) is 11.9 Å². The molecule has 0 spiro atoms. The second-order valence-corrected chi connectivity index (χ2v) is 5.76. The summed E-state index contributed by atoms with van der Waals surface area (Å²) in [5, 5.41) is 10.0. The quantitative estimate of drug-likeness (QED) is 0.702. The average molecular weight is 302 g/mol. The van der Waals surface area contributed by atoms with Gasteiger partial charge in [-0.05, 0) is 18.2 Å². The Kier molecular flexibility index (Phi) is 3.36. The van der Waals surface area contributed by atoms with E-state index < -0.39 is 10.2 Å². The summed E-state index contributed by atoms with van der Waals surface area (Å²) in [6, 6.07) is 13.7. The normalized spacial score (nSPS) is 11.2. The number of hydrogen-bond donors (Lipinski definition) is 2. The summed E-state index contributed by atoms with van der Waals surface area (Å²) < 4.78 is 28.7. The SMILES string of the molecule is O=S(=O)(Nc1ccccc1)[n+]1ccccc1-c1c[nH]nn1. The summed E-state index contributed by atoms with van der Waals surface area (Å²) in [7, 11) is -3.79. The molecule has 0 atom stereocenters. The first-order chi connectivity index (χ1) is 10.2. The molecule has 106 valence electrons. The van der Waals surface area contributed by atoms with E-state index in [9.17, 15) is 8.42 Å². The number of hydrogen-bond acceptors (Lipinski definition) is 4. The molecule has 0 fully saturated rings. The standard InChI is InChI=1S/C13H11N5O2S/c19-21(20,16-11-6-2-1-3-7-11)18-9-5-4-8-13(18)12-10-14-17-15-12/h1-10,16H/p+1. The zero-order valence-electron chi connectivity index (χ0n) is 10.8. The third-order valence-corrected chi connectivity index (χ3v) is 4.11. The minimum atomic E-state index is -3.79. The topological polar surface area (TPSA) is 91.6 Å². The highest BCUT2D eigenvalue weighted by Gasteiger charge is 2.28. The molecule has 0 amide bonds. The Bertz CT molecular complexity index is 832. The minimum absolute atomic E-state index is 0.412. The summed E-state index contributed by atoms with van der Waals surface area (Å²) >= 11 is 0. The van der Waals surface area contributed by atoms with Gasteiger partial charge in [0.1, 0.15) is 0 Å². The summed E-state index contributed by atoms with van der Waals surface area (Å²) in [6.45, 7) is 0. The van der Waals surface area contributed by atoms with E-state index in [4.69, 9.17) is 0 Å². The van der Waals surface area contributed by atoms with Crippen LogP contribution in [0.4, 0.5) is 5.69 Å². The molecule has 2 N–H and O–H groups in total. The fourth-order valence-corrected chi connectivity index (χ4v) is 3.04. The van der Waals surface area contributed by atoms with Crippen molar-refractivity contribution in [3.63, 3.8) is 0 Å². The van der Waals surface area contributed by atoms with Crippen LogP contribution in [-0.4, -0.2) is 23.8 Å².